The molecule has 10 heteroatoms. The maximum absolute atomic E-state index is 12.7. The number of methoxy groups -OCH3 is 2. The minimum atomic E-state index is -1.12. The zero-order valence-corrected chi connectivity index (χ0v) is 21.3. The number of fused-ring (bicyclic) bond motifs is 2. The second-order valence-corrected chi connectivity index (χ2v) is 9.92. The van der Waals surface area contributed by atoms with E-state index >= 15 is 0 Å². The molecule has 0 N–H and O–H groups in total. The highest BCUT2D eigenvalue weighted by Crippen LogP contribution is 2.36. The summed E-state index contributed by atoms with van der Waals surface area (Å²) in [4.78, 5) is 30.9. The molecule has 1 aromatic heterocycles. The van der Waals surface area contributed by atoms with Crippen LogP contribution in [0.3, 0.4) is 0 Å². The number of nitrogens with zero attached hydrogens (tertiary/aromatic N) is 4. The molecule has 2 aromatic carbocycles. The monoisotopic (exact) mass is 514 g/mol. The molecule has 1 atom stereocenters. The Morgan fingerprint density at radius 2 is 1.94 bits per heavy atom. The topological polar surface area (TPSA) is 75.2 Å². The molecule has 0 bridgehead atoms. The smallest absolute Gasteiger partial charge is 0.356 e. The minimum Gasteiger partial charge on any atom is -0.466 e. The van der Waals surface area contributed by atoms with Crippen molar-refractivity contribution < 1.29 is 19.1 Å². The Kier molecular flexibility index (Phi) is 6.93. The first-order valence-electron chi connectivity index (χ1n) is 11.6. The Balaban J connectivity index is 1.22. The van der Waals surface area contributed by atoms with Gasteiger partial charge < -0.3 is 14.4 Å². The van der Waals surface area contributed by atoms with Crippen LogP contribution in [0.15, 0.2) is 36.4 Å². The van der Waals surface area contributed by atoms with Crippen molar-refractivity contribution in [2.75, 3.05) is 56.7 Å². The van der Waals surface area contributed by atoms with Crippen molar-refractivity contribution in [1.29, 1.82) is 0 Å². The number of hydrogen-bond acceptors (Lipinski definition) is 8. The highest BCUT2D eigenvalue weighted by Gasteiger charge is 2.38. The van der Waals surface area contributed by atoms with Crippen molar-refractivity contribution in [3.63, 3.8) is 0 Å². The number of rotatable bonds is 7. The van der Waals surface area contributed by atoms with E-state index in [-0.39, 0.29) is 12.3 Å². The van der Waals surface area contributed by atoms with Gasteiger partial charge in [0.1, 0.15) is 5.82 Å². The van der Waals surface area contributed by atoms with Gasteiger partial charge in [-0.25, -0.2) is 4.79 Å². The van der Waals surface area contributed by atoms with E-state index < -0.39 is 12.2 Å². The van der Waals surface area contributed by atoms with Crippen molar-refractivity contribution in [2.45, 2.75) is 19.1 Å². The number of carbonyl (C=O) groups is 2. The van der Waals surface area contributed by atoms with Crippen LogP contribution in [0.4, 0.5) is 11.5 Å². The lowest BCUT2D eigenvalue weighted by Crippen LogP contribution is -2.47. The van der Waals surface area contributed by atoms with E-state index in [9.17, 15) is 9.59 Å². The van der Waals surface area contributed by atoms with Crippen molar-refractivity contribution in [3.8, 4) is 0 Å². The fourth-order valence-corrected chi connectivity index (χ4v) is 5.87. The summed E-state index contributed by atoms with van der Waals surface area (Å²) in [5, 5.41) is 1.80. The summed E-state index contributed by atoms with van der Waals surface area (Å²) in [7, 11) is 2.64. The first-order chi connectivity index (χ1) is 17.0. The molecule has 5 rings (SSSR count). The van der Waals surface area contributed by atoms with Crippen molar-refractivity contribution in [3.05, 3.63) is 52.5 Å². The van der Waals surface area contributed by atoms with E-state index in [2.05, 4.69) is 34.1 Å². The molecule has 8 nitrogen and oxygen atoms in total. The highest BCUT2D eigenvalue weighted by atomic mass is 35.5. The normalized spacial score (nSPS) is 17.2. The molecular formula is C25H27ClN4O4S. The van der Waals surface area contributed by atoms with Crippen molar-refractivity contribution in [2.24, 2.45) is 0 Å². The van der Waals surface area contributed by atoms with Gasteiger partial charge in [0, 0.05) is 50.2 Å². The first kappa shape index (κ1) is 24.0. The van der Waals surface area contributed by atoms with Crippen LogP contribution in [0.5, 0.6) is 0 Å². The van der Waals surface area contributed by atoms with Crippen LogP contribution in [0, 0.1) is 0 Å². The third kappa shape index (κ3) is 4.61. The van der Waals surface area contributed by atoms with Gasteiger partial charge in [-0.3, -0.25) is 14.6 Å². The van der Waals surface area contributed by atoms with Crippen LogP contribution in [-0.2, 0) is 31.9 Å². The molecule has 3 heterocycles. The molecule has 35 heavy (non-hydrogen) atoms. The van der Waals surface area contributed by atoms with Gasteiger partial charge in [-0.1, -0.05) is 29.8 Å². The summed E-state index contributed by atoms with van der Waals surface area (Å²) in [5.74, 6) is 0.247. The summed E-state index contributed by atoms with van der Waals surface area (Å²) >= 11 is 8.17. The largest absolute Gasteiger partial charge is 0.466 e. The predicted molar refractivity (Wildman–Crippen MR) is 137 cm³/mol. The number of aromatic nitrogens is 1. The van der Waals surface area contributed by atoms with Crippen molar-refractivity contribution in [1.82, 2.24) is 9.27 Å². The Bertz CT molecular complexity index is 1260. The van der Waals surface area contributed by atoms with E-state index in [0.717, 1.165) is 56.1 Å². The first-order valence-corrected chi connectivity index (χ1v) is 12.7. The Morgan fingerprint density at radius 1 is 1.17 bits per heavy atom. The van der Waals surface area contributed by atoms with Gasteiger partial charge >= 0.3 is 5.97 Å². The van der Waals surface area contributed by atoms with Crippen LogP contribution >= 0.6 is 23.1 Å². The van der Waals surface area contributed by atoms with Gasteiger partial charge in [-0.05, 0) is 47.3 Å². The zero-order valence-electron chi connectivity index (χ0n) is 19.7. The van der Waals surface area contributed by atoms with Gasteiger partial charge in [0.2, 0.25) is 12.1 Å². The van der Waals surface area contributed by atoms with Gasteiger partial charge in [0.25, 0.3) is 0 Å². The summed E-state index contributed by atoms with van der Waals surface area (Å²) in [6.45, 7) is 4.65. The summed E-state index contributed by atoms with van der Waals surface area (Å²) in [5.41, 5.74) is 2.45. The highest BCUT2D eigenvalue weighted by molar-refractivity contribution is 7.13. The molecule has 1 fully saturated rings. The fourth-order valence-electron chi connectivity index (χ4n) is 4.83. The lowest BCUT2D eigenvalue weighted by molar-refractivity contribution is -0.153. The number of carbonyl (C=O) groups excluding carboxylic acids is 2. The quantitative estimate of drug-likeness (QED) is 0.447. The number of ether oxygens (including phenoxy) is 2. The average molecular weight is 515 g/mol. The number of benzene rings is 2. The van der Waals surface area contributed by atoms with E-state index in [1.54, 1.807) is 17.6 Å². The maximum Gasteiger partial charge on any atom is 0.356 e. The molecule has 1 amide bonds. The number of piperazine rings is 1. The Morgan fingerprint density at radius 3 is 2.69 bits per heavy atom. The molecule has 0 spiro atoms. The maximum atomic E-state index is 12.7. The van der Waals surface area contributed by atoms with E-state index in [0.29, 0.717) is 10.7 Å². The van der Waals surface area contributed by atoms with E-state index in [4.69, 9.17) is 25.4 Å². The number of esters is 1. The molecule has 3 aromatic rings. The molecular weight excluding hydrogens is 488 g/mol. The van der Waals surface area contributed by atoms with E-state index in [1.165, 1.54) is 29.2 Å². The van der Waals surface area contributed by atoms with Crippen LogP contribution in [0.25, 0.3) is 10.1 Å². The number of anilines is 2. The number of hydrogen-bond donors (Lipinski definition) is 0. The standard InChI is InChI=1S/C25H27ClN4O4S/c1-33-24(25(32)34-2)30-20-15-19(26)16(13-17(20)14-22(30)31)7-8-28-9-11-29(12-10-28)23-18-5-3-4-6-21(18)35-27-23/h3-6,13,15,24H,7-12,14H2,1-2H3. The van der Waals surface area contributed by atoms with E-state index in [1.807, 2.05) is 6.07 Å². The van der Waals surface area contributed by atoms with Crippen LogP contribution in [0.2, 0.25) is 5.02 Å². The van der Waals surface area contributed by atoms with Crippen LogP contribution in [-0.4, -0.2) is 74.3 Å². The number of amides is 1. The third-order valence-electron chi connectivity index (χ3n) is 6.71. The molecule has 184 valence electrons. The van der Waals surface area contributed by atoms with Crippen LogP contribution in [0.1, 0.15) is 11.1 Å². The molecule has 0 radical (unpaired) electrons. The van der Waals surface area contributed by atoms with Crippen molar-refractivity contribution >= 4 is 56.6 Å². The van der Waals surface area contributed by atoms with Gasteiger partial charge in [0.15, 0.2) is 0 Å². The molecule has 2 aliphatic heterocycles. The third-order valence-corrected chi connectivity index (χ3v) is 7.87. The summed E-state index contributed by atoms with van der Waals surface area (Å²) < 4.78 is 15.9. The zero-order chi connectivity index (χ0) is 24.5. The molecule has 0 saturated carbocycles. The van der Waals surface area contributed by atoms with Gasteiger partial charge in [-0.15, -0.1) is 0 Å². The fraction of sp³-hybridized carbons (Fsp3) is 0.400. The summed E-state index contributed by atoms with van der Waals surface area (Å²) in [6.07, 6.45) is -0.136. The molecule has 0 aliphatic carbocycles. The SMILES string of the molecule is COC(=O)C(OC)N1C(=O)Cc2cc(CCN3CCN(c4nsc5ccccc45)CC3)c(Cl)cc21. The van der Waals surface area contributed by atoms with Crippen LogP contribution < -0.4 is 9.80 Å². The average Bonchev–Trinajstić information content (AvgIpc) is 3.44. The molecule has 1 unspecified atom stereocenters. The number of halogens is 1. The molecule has 2 aliphatic rings. The summed E-state index contributed by atoms with van der Waals surface area (Å²) in [6, 6.07) is 12.1. The van der Waals surface area contributed by atoms with Gasteiger partial charge in [0.05, 0.1) is 23.9 Å². The predicted octanol–water partition coefficient (Wildman–Crippen LogP) is 3.35. The van der Waals surface area contributed by atoms with Gasteiger partial charge in [-0.2, -0.15) is 4.37 Å². The lowest BCUT2D eigenvalue weighted by Gasteiger charge is -2.35. The minimum absolute atomic E-state index is 0.205. The Labute approximate surface area is 213 Å². The Hall–Kier alpha value is -2.72. The second-order valence-electron chi connectivity index (χ2n) is 8.71. The lowest BCUT2D eigenvalue weighted by atomic mass is 10.1. The second kappa shape index (κ2) is 10.1. The molecule has 1 saturated heterocycles.